The van der Waals surface area contributed by atoms with Crippen molar-refractivity contribution in [2.45, 2.75) is 18.9 Å². The molecular weight excluding hydrogens is 234 g/mol. The third-order valence-corrected chi connectivity index (χ3v) is 2.53. The van der Waals surface area contributed by atoms with Crippen molar-refractivity contribution in [3.05, 3.63) is 35.9 Å². The fourth-order valence-electron chi connectivity index (χ4n) is 1.59. The van der Waals surface area contributed by atoms with Crippen LogP contribution < -0.4 is 5.32 Å². The van der Waals surface area contributed by atoms with Crippen molar-refractivity contribution in [2.75, 3.05) is 13.7 Å². The first kappa shape index (κ1) is 14.2. The smallest absolute Gasteiger partial charge is 0.328 e. The maximum absolute atomic E-state index is 11.5. The van der Waals surface area contributed by atoms with Crippen LogP contribution in [0, 0.1) is 0 Å². The summed E-state index contributed by atoms with van der Waals surface area (Å²) in [6.07, 6.45) is 1.08. The van der Waals surface area contributed by atoms with E-state index in [9.17, 15) is 9.59 Å². The molecule has 1 aromatic carbocycles. The molecular formula is C13H17NO4. The molecule has 0 heterocycles. The van der Waals surface area contributed by atoms with E-state index in [1.54, 1.807) is 0 Å². The quantitative estimate of drug-likeness (QED) is 0.712. The van der Waals surface area contributed by atoms with E-state index in [2.05, 4.69) is 10.1 Å². The van der Waals surface area contributed by atoms with Crippen molar-refractivity contribution in [2.24, 2.45) is 0 Å². The summed E-state index contributed by atoms with van der Waals surface area (Å²) in [6.45, 7) is -0.640. The predicted molar refractivity (Wildman–Crippen MR) is 65.8 cm³/mol. The SMILES string of the molecule is COC(=O)[C@@H](CCc1ccccc1)NC(=O)CO. The molecule has 0 bridgehead atoms. The highest BCUT2D eigenvalue weighted by Gasteiger charge is 2.20. The normalized spacial score (nSPS) is 11.7. The van der Waals surface area contributed by atoms with Crippen LogP contribution in [0.15, 0.2) is 30.3 Å². The van der Waals surface area contributed by atoms with Gasteiger partial charge in [0.2, 0.25) is 5.91 Å². The number of esters is 1. The lowest BCUT2D eigenvalue weighted by Crippen LogP contribution is -2.43. The van der Waals surface area contributed by atoms with Crippen molar-refractivity contribution in [3.8, 4) is 0 Å². The number of carbonyl (C=O) groups is 2. The van der Waals surface area contributed by atoms with Crippen LogP contribution in [0.4, 0.5) is 0 Å². The lowest BCUT2D eigenvalue weighted by Gasteiger charge is -2.15. The summed E-state index contributed by atoms with van der Waals surface area (Å²) in [6, 6.07) is 8.90. The van der Waals surface area contributed by atoms with Gasteiger partial charge in [-0.3, -0.25) is 4.79 Å². The van der Waals surface area contributed by atoms with Gasteiger partial charge in [0.25, 0.3) is 0 Å². The number of rotatable bonds is 6. The Morgan fingerprint density at radius 2 is 2.00 bits per heavy atom. The molecule has 0 fully saturated rings. The summed E-state index contributed by atoms with van der Waals surface area (Å²) < 4.78 is 4.61. The molecule has 0 aliphatic rings. The maximum Gasteiger partial charge on any atom is 0.328 e. The largest absolute Gasteiger partial charge is 0.467 e. The van der Waals surface area contributed by atoms with E-state index in [-0.39, 0.29) is 0 Å². The summed E-state index contributed by atoms with van der Waals surface area (Å²) >= 11 is 0. The van der Waals surface area contributed by atoms with E-state index < -0.39 is 24.5 Å². The number of benzene rings is 1. The molecule has 1 amide bonds. The van der Waals surface area contributed by atoms with Crippen LogP contribution in [-0.4, -0.2) is 36.7 Å². The highest BCUT2D eigenvalue weighted by molar-refractivity contribution is 5.84. The van der Waals surface area contributed by atoms with E-state index in [1.165, 1.54) is 7.11 Å². The monoisotopic (exact) mass is 251 g/mol. The molecule has 0 saturated carbocycles. The molecule has 0 aliphatic heterocycles. The molecule has 0 aliphatic carbocycles. The number of hydrogen-bond donors (Lipinski definition) is 2. The Hall–Kier alpha value is -1.88. The van der Waals surface area contributed by atoms with Crippen LogP contribution in [0.5, 0.6) is 0 Å². The number of nitrogens with one attached hydrogen (secondary N) is 1. The zero-order chi connectivity index (χ0) is 13.4. The maximum atomic E-state index is 11.5. The molecule has 1 atom stereocenters. The van der Waals surface area contributed by atoms with Gasteiger partial charge < -0.3 is 15.2 Å². The number of carbonyl (C=O) groups excluding carboxylic acids is 2. The summed E-state index contributed by atoms with van der Waals surface area (Å²) in [5, 5.41) is 11.1. The van der Waals surface area contributed by atoms with Gasteiger partial charge in [-0.25, -0.2) is 4.79 Å². The molecule has 1 rings (SSSR count). The standard InChI is InChI=1S/C13H17NO4/c1-18-13(17)11(14-12(16)9-15)8-7-10-5-3-2-4-6-10/h2-6,11,15H,7-9H2,1H3,(H,14,16)/t11-/m1/s1. The van der Waals surface area contributed by atoms with E-state index >= 15 is 0 Å². The average Bonchev–Trinajstić information content (AvgIpc) is 2.43. The molecule has 5 heteroatoms. The van der Waals surface area contributed by atoms with Crippen molar-refractivity contribution < 1.29 is 19.4 Å². The first-order valence-electron chi connectivity index (χ1n) is 5.69. The topological polar surface area (TPSA) is 75.6 Å². The Bertz CT molecular complexity index is 391. The molecule has 98 valence electrons. The Kier molecular flexibility index (Phi) is 5.87. The molecule has 0 saturated heterocycles. The minimum atomic E-state index is -0.727. The summed E-state index contributed by atoms with van der Waals surface area (Å²) in [4.78, 5) is 22.6. The Labute approximate surface area is 106 Å². The first-order chi connectivity index (χ1) is 8.67. The fourth-order valence-corrected chi connectivity index (χ4v) is 1.59. The Morgan fingerprint density at radius 1 is 1.33 bits per heavy atom. The van der Waals surface area contributed by atoms with Crippen LogP contribution in [0.1, 0.15) is 12.0 Å². The zero-order valence-electron chi connectivity index (χ0n) is 10.3. The lowest BCUT2D eigenvalue weighted by molar-refractivity contribution is -0.145. The minimum absolute atomic E-state index is 0.433. The van der Waals surface area contributed by atoms with Gasteiger partial charge in [0, 0.05) is 0 Å². The van der Waals surface area contributed by atoms with Crippen molar-refractivity contribution in [1.82, 2.24) is 5.32 Å². The van der Waals surface area contributed by atoms with Gasteiger partial charge in [0.05, 0.1) is 7.11 Å². The summed E-state index contributed by atoms with van der Waals surface area (Å²) in [7, 11) is 1.27. The molecule has 5 nitrogen and oxygen atoms in total. The highest BCUT2D eigenvalue weighted by atomic mass is 16.5. The molecule has 0 spiro atoms. The summed E-state index contributed by atoms with van der Waals surface area (Å²) in [5.41, 5.74) is 1.07. The number of hydrogen-bond acceptors (Lipinski definition) is 4. The second-order valence-electron chi connectivity index (χ2n) is 3.83. The zero-order valence-corrected chi connectivity index (χ0v) is 10.3. The lowest BCUT2D eigenvalue weighted by atomic mass is 10.1. The second kappa shape index (κ2) is 7.45. The van der Waals surface area contributed by atoms with Crippen molar-refractivity contribution in [1.29, 1.82) is 0 Å². The number of aliphatic hydroxyl groups is 1. The van der Waals surface area contributed by atoms with Gasteiger partial charge in [-0.1, -0.05) is 30.3 Å². The second-order valence-corrected chi connectivity index (χ2v) is 3.83. The Balaban J connectivity index is 2.56. The van der Waals surface area contributed by atoms with Gasteiger partial charge >= 0.3 is 5.97 Å². The number of aliphatic hydroxyl groups excluding tert-OH is 1. The minimum Gasteiger partial charge on any atom is -0.467 e. The van der Waals surface area contributed by atoms with Crippen molar-refractivity contribution >= 4 is 11.9 Å². The highest BCUT2D eigenvalue weighted by Crippen LogP contribution is 2.06. The molecule has 18 heavy (non-hydrogen) atoms. The average molecular weight is 251 g/mol. The van der Waals surface area contributed by atoms with Gasteiger partial charge in [-0.05, 0) is 18.4 Å². The molecule has 2 N–H and O–H groups in total. The first-order valence-corrected chi connectivity index (χ1v) is 5.69. The van der Waals surface area contributed by atoms with E-state index in [0.717, 1.165) is 5.56 Å². The number of amides is 1. The van der Waals surface area contributed by atoms with Crippen LogP contribution in [0.2, 0.25) is 0 Å². The van der Waals surface area contributed by atoms with Crippen molar-refractivity contribution in [3.63, 3.8) is 0 Å². The van der Waals surface area contributed by atoms with Crippen LogP contribution in [-0.2, 0) is 20.7 Å². The van der Waals surface area contributed by atoms with E-state index in [0.29, 0.717) is 12.8 Å². The third-order valence-electron chi connectivity index (χ3n) is 2.53. The van der Waals surface area contributed by atoms with E-state index in [1.807, 2.05) is 30.3 Å². The summed E-state index contributed by atoms with van der Waals surface area (Å²) in [5.74, 6) is -1.09. The molecule has 0 unspecified atom stereocenters. The van der Waals surface area contributed by atoms with Crippen LogP contribution >= 0.6 is 0 Å². The molecule has 1 aromatic rings. The van der Waals surface area contributed by atoms with Gasteiger partial charge in [-0.15, -0.1) is 0 Å². The van der Waals surface area contributed by atoms with E-state index in [4.69, 9.17) is 5.11 Å². The van der Waals surface area contributed by atoms with Crippen LogP contribution in [0.3, 0.4) is 0 Å². The number of methoxy groups -OCH3 is 1. The number of ether oxygens (including phenoxy) is 1. The van der Waals surface area contributed by atoms with Gasteiger partial charge in [0.1, 0.15) is 12.6 Å². The van der Waals surface area contributed by atoms with Gasteiger partial charge in [0.15, 0.2) is 0 Å². The van der Waals surface area contributed by atoms with Crippen LogP contribution in [0.25, 0.3) is 0 Å². The molecule has 0 aromatic heterocycles. The third kappa shape index (κ3) is 4.55. The Morgan fingerprint density at radius 3 is 2.56 bits per heavy atom. The predicted octanol–water partition coefficient (Wildman–Crippen LogP) is 0.269. The number of aryl methyl sites for hydroxylation is 1. The van der Waals surface area contributed by atoms with Gasteiger partial charge in [-0.2, -0.15) is 0 Å². The molecule has 0 radical (unpaired) electrons. The fraction of sp³-hybridized carbons (Fsp3) is 0.385.